The first-order valence-corrected chi connectivity index (χ1v) is 16.1. The number of aromatic nitrogens is 1. The predicted octanol–water partition coefficient (Wildman–Crippen LogP) is 11.3. The van der Waals surface area contributed by atoms with E-state index >= 15 is 0 Å². The monoisotopic (exact) mass is 771 g/mol. The summed E-state index contributed by atoms with van der Waals surface area (Å²) in [4.78, 5) is 16.9. The van der Waals surface area contributed by atoms with Crippen molar-refractivity contribution in [2.45, 2.75) is 107 Å². The van der Waals surface area contributed by atoms with Crippen LogP contribution in [0.15, 0.2) is 60.4 Å². The largest absolute Gasteiger partial charge is 0.512 e. The van der Waals surface area contributed by atoms with Crippen LogP contribution in [0.4, 0.5) is 0 Å². The summed E-state index contributed by atoms with van der Waals surface area (Å²) in [6, 6.07) is 21.1. The molecule has 4 rings (SSSR count). The van der Waals surface area contributed by atoms with Crippen LogP contribution in [0, 0.1) is 38.7 Å². The third-order valence-electron chi connectivity index (χ3n) is 8.53. The molecule has 1 aromatic heterocycles. The number of pyridine rings is 1. The average molecular weight is 771 g/mol. The average Bonchev–Trinajstić information content (AvgIpc) is 2.95. The van der Waals surface area contributed by atoms with E-state index in [2.05, 4.69) is 103 Å². The summed E-state index contributed by atoms with van der Waals surface area (Å²) in [6.07, 6.45) is 6.03. The molecule has 0 aliphatic heterocycles. The molecule has 44 heavy (non-hydrogen) atoms. The van der Waals surface area contributed by atoms with E-state index < -0.39 is 0 Å². The van der Waals surface area contributed by atoms with E-state index in [0.717, 1.165) is 54.3 Å². The number of aliphatic hydroxyl groups is 1. The Hall–Kier alpha value is -2.81. The Kier molecular flexibility index (Phi) is 14.0. The number of hydrogen-bond acceptors (Lipinski definition) is 3. The second kappa shape index (κ2) is 16.5. The summed E-state index contributed by atoms with van der Waals surface area (Å²) < 4.78 is 0. The summed E-state index contributed by atoms with van der Waals surface area (Å²) in [6.45, 7) is 21.5. The van der Waals surface area contributed by atoms with E-state index in [1.54, 1.807) is 0 Å². The fourth-order valence-corrected chi connectivity index (χ4v) is 6.10. The van der Waals surface area contributed by atoms with Gasteiger partial charge in [-0.15, -0.1) is 29.1 Å². The first-order valence-electron chi connectivity index (χ1n) is 16.1. The minimum Gasteiger partial charge on any atom is -0.512 e. The van der Waals surface area contributed by atoms with Crippen LogP contribution >= 0.6 is 0 Å². The molecule has 0 aliphatic rings. The van der Waals surface area contributed by atoms with E-state index in [0.29, 0.717) is 0 Å². The van der Waals surface area contributed by atoms with Crippen LogP contribution in [-0.2, 0) is 30.3 Å². The van der Waals surface area contributed by atoms with E-state index in [1.165, 1.54) is 39.1 Å². The maximum absolute atomic E-state index is 11.9. The van der Waals surface area contributed by atoms with Crippen molar-refractivity contribution in [2.75, 3.05) is 0 Å². The van der Waals surface area contributed by atoms with Crippen molar-refractivity contribution in [3.8, 4) is 11.3 Å². The SMILES string of the molecule is CCCC(CC)C(=O)/C=C(\O)C(CC)CC.Cc1cc(C)c2c(C)cc(-c3[c-]c4ccccc4c(C(C)(C)C)c3)nc2c1.[Ir]. The van der Waals surface area contributed by atoms with Crippen molar-refractivity contribution >= 4 is 27.5 Å². The zero-order valence-corrected chi connectivity index (χ0v) is 30.9. The van der Waals surface area contributed by atoms with Crippen molar-refractivity contribution < 1.29 is 30.0 Å². The molecule has 0 saturated heterocycles. The van der Waals surface area contributed by atoms with Crippen LogP contribution in [0.1, 0.15) is 103 Å². The van der Waals surface area contributed by atoms with Gasteiger partial charge < -0.3 is 5.11 Å². The molecule has 1 heterocycles. The summed E-state index contributed by atoms with van der Waals surface area (Å²) in [5.41, 5.74) is 8.35. The summed E-state index contributed by atoms with van der Waals surface area (Å²) in [5.74, 6) is 0.586. The van der Waals surface area contributed by atoms with Crippen molar-refractivity contribution in [2.24, 2.45) is 11.8 Å². The van der Waals surface area contributed by atoms with Crippen LogP contribution in [0.5, 0.6) is 0 Å². The van der Waals surface area contributed by atoms with Gasteiger partial charge in [-0.05, 0) is 74.6 Å². The Morgan fingerprint density at radius 1 is 0.909 bits per heavy atom. The van der Waals surface area contributed by atoms with Crippen LogP contribution in [0.3, 0.4) is 0 Å². The van der Waals surface area contributed by atoms with E-state index in [4.69, 9.17) is 4.98 Å². The molecule has 3 nitrogen and oxygen atoms in total. The topological polar surface area (TPSA) is 50.2 Å². The smallest absolute Gasteiger partial charge is 0.162 e. The molecular weight excluding hydrogens is 719 g/mol. The van der Waals surface area contributed by atoms with Crippen LogP contribution < -0.4 is 0 Å². The number of carbonyl (C=O) groups is 1. The first-order chi connectivity index (χ1) is 20.3. The maximum atomic E-state index is 11.9. The number of nitrogens with zero attached hydrogens (tertiary/aromatic N) is 1. The number of aliphatic hydroxyl groups excluding tert-OH is 1. The van der Waals surface area contributed by atoms with Crippen LogP contribution in [-0.4, -0.2) is 15.9 Å². The second-order valence-corrected chi connectivity index (χ2v) is 13.1. The van der Waals surface area contributed by atoms with Crippen molar-refractivity contribution in [3.63, 3.8) is 0 Å². The van der Waals surface area contributed by atoms with Crippen LogP contribution in [0.2, 0.25) is 0 Å². The van der Waals surface area contributed by atoms with Gasteiger partial charge in [0.15, 0.2) is 5.78 Å². The van der Waals surface area contributed by atoms with Gasteiger partial charge in [0.2, 0.25) is 0 Å². The second-order valence-electron chi connectivity index (χ2n) is 13.1. The molecule has 239 valence electrons. The van der Waals surface area contributed by atoms with Crippen molar-refractivity contribution in [1.82, 2.24) is 4.98 Å². The van der Waals surface area contributed by atoms with Gasteiger partial charge in [-0.2, -0.15) is 0 Å². The first kappa shape index (κ1) is 37.4. The summed E-state index contributed by atoms with van der Waals surface area (Å²) in [5, 5.41) is 13.5. The molecule has 0 aliphatic carbocycles. The fraction of sp³-hybridized carbons (Fsp3) is 0.450. The van der Waals surface area contributed by atoms with Gasteiger partial charge in [0.1, 0.15) is 0 Å². The number of hydrogen-bond donors (Lipinski definition) is 1. The number of allylic oxidation sites excluding steroid dienone is 2. The Morgan fingerprint density at radius 3 is 2.11 bits per heavy atom. The third kappa shape index (κ3) is 9.11. The van der Waals surface area contributed by atoms with Gasteiger partial charge in [-0.25, -0.2) is 0 Å². The van der Waals surface area contributed by atoms with E-state index in [1.807, 2.05) is 20.8 Å². The minimum atomic E-state index is 0. The Bertz CT molecular complexity index is 1590. The van der Waals surface area contributed by atoms with E-state index in [9.17, 15) is 9.90 Å². The molecule has 1 N–H and O–H groups in total. The van der Waals surface area contributed by atoms with Gasteiger partial charge in [-0.1, -0.05) is 96.2 Å². The number of aryl methyl sites for hydroxylation is 3. The molecule has 1 atom stereocenters. The number of benzene rings is 3. The zero-order chi connectivity index (χ0) is 31.9. The Labute approximate surface area is 279 Å². The molecule has 3 aromatic carbocycles. The van der Waals surface area contributed by atoms with Gasteiger partial charge in [0.25, 0.3) is 0 Å². The molecule has 4 aromatic rings. The third-order valence-corrected chi connectivity index (χ3v) is 8.53. The zero-order valence-electron chi connectivity index (χ0n) is 28.5. The van der Waals surface area contributed by atoms with Crippen molar-refractivity contribution in [3.05, 3.63) is 88.7 Å². The molecule has 0 fully saturated rings. The molecule has 0 amide bonds. The normalized spacial score (nSPS) is 12.6. The van der Waals surface area contributed by atoms with E-state index in [-0.39, 0.29) is 48.9 Å². The minimum absolute atomic E-state index is 0. The van der Waals surface area contributed by atoms with Gasteiger partial charge in [-0.3, -0.25) is 9.78 Å². The Morgan fingerprint density at radius 2 is 1.52 bits per heavy atom. The molecule has 0 saturated carbocycles. The molecule has 1 radical (unpaired) electrons. The summed E-state index contributed by atoms with van der Waals surface area (Å²) >= 11 is 0. The van der Waals surface area contributed by atoms with Gasteiger partial charge in [0.05, 0.1) is 11.3 Å². The predicted molar refractivity (Wildman–Crippen MR) is 185 cm³/mol. The quantitative estimate of drug-likeness (QED) is 0.105. The number of rotatable bonds is 9. The van der Waals surface area contributed by atoms with Crippen LogP contribution in [0.25, 0.3) is 32.9 Å². The van der Waals surface area contributed by atoms with Gasteiger partial charge in [0, 0.05) is 49.1 Å². The molecule has 4 heteroatoms. The Balaban J connectivity index is 0.000000345. The maximum Gasteiger partial charge on any atom is 0.162 e. The van der Waals surface area contributed by atoms with Crippen molar-refractivity contribution in [1.29, 1.82) is 0 Å². The fourth-order valence-electron chi connectivity index (χ4n) is 6.10. The van der Waals surface area contributed by atoms with Gasteiger partial charge >= 0.3 is 0 Å². The molecule has 0 spiro atoms. The summed E-state index contributed by atoms with van der Waals surface area (Å²) in [7, 11) is 0. The number of fused-ring (bicyclic) bond motifs is 2. The number of ketones is 1. The standard InChI is InChI=1S/C26H26N.C14H26O2.Ir/c1-16-11-17(2)25-18(3)13-23(27-24(25)12-16)20-14-19-9-7-8-10-21(19)22(15-20)26(4,5)6;1-5-9-12(8-4)14(16)10-13(15)11(6-2)7-3;/h7-13,15H,1-6H3;10-12,15H,5-9H2,1-4H3;/q-1;;/b;13-10-;. The number of carbonyl (C=O) groups excluding carboxylic acids is 1. The molecular formula is C40H52IrNO2-. The molecule has 0 bridgehead atoms. The molecule has 1 unspecified atom stereocenters.